The van der Waals surface area contributed by atoms with Gasteiger partial charge in [-0.2, -0.15) is 0 Å². The number of hydrogen-bond acceptors (Lipinski definition) is 5. The first-order chi connectivity index (χ1) is 10.3. The first kappa shape index (κ1) is 13.0. The van der Waals surface area contributed by atoms with Crippen molar-refractivity contribution in [2.45, 2.75) is 6.17 Å². The Morgan fingerprint density at radius 2 is 2.00 bits per heavy atom. The van der Waals surface area contributed by atoms with Gasteiger partial charge < -0.3 is 10.6 Å². The van der Waals surface area contributed by atoms with Crippen molar-refractivity contribution in [3.63, 3.8) is 0 Å². The van der Waals surface area contributed by atoms with Gasteiger partial charge in [-0.1, -0.05) is 6.07 Å². The lowest BCUT2D eigenvalue weighted by Gasteiger charge is -2.19. The molecular formula is C15H13N5O. The van der Waals surface area contributed by atoms with Crippen molar-refractivity contribution >= 4 is 17.8 Å². The van der Waals surface area contributed by atoms with E-state index in [2.05, 4.69) is 25.6 Å². The predicted octanol–water partition coefficient (Wildman–Crippen LogP) is 1.21. The molecule has 6 nitrogen and oxygen atoms in total. The van der Waals surface area contributed by atoms with Gasteiger partial charge in [0.05, 0.1) is 5.69 Å². The van der Waals surface area contributed by atoms with Crippen LogP contribution >= 0.6 is 0 Å². The third-order valence-corrected chi connectivity index (χ3v) is 2.92. The number of amides is 1. The summed E-state index contributed by atoms with van der Waals surface area (Å²) in [6.07, 6.45) is 7.90. The van der Waals surface area contributed by atoms with E-state index in [-0.39, 0.29) is 12.1 Å². The number of pyridine rings is 2. The molecule has 2 aromatic rings. The minimum absolute atomic E-state index is 0.184. The van der Waals surface area contributed by atoms with Crippen LogP contribution in [0.4, 0.5) is 0 Å². The van der Waals surface area contributed by atoms with E-state index in [4.69, 9.17) is 0 Å². The third-order valence-electron chi connectivity index (χ3n) is 2.92. The van der Waals surface area contributed by atoms with Crippen molar-refractivity contribution in [3.8, 4) is 0 Å². The van der Waals surface area contributed by atoms with Gasteiger partial charge in [0.25, 0.3) is 5.91 Å². The summed E-state index contributed by atoms with van der Waals surface area (Å²) >= 11 is 0. The van der Waals surface area contributed by atoms with Crippen LogP contribution in [0.25, 0.3) is 5.70 Å². The summed E-state index contributed by atoms with van der Waals surface area (Å²) in [7, 11) is 0. The zero-order valence-electron chi connectivity index (χ0n) is 11.1. The zero-order valence-corrected chi connectivity index (χ0v) is 11.1. The maximum absolute atomic E-state index is 12.0. The number of hydrogen-bond donors (Lipinski definition) is 2. The Morgan fingerprint density at radius 3 is 2.67 bits per heavy atom. The summed E-state index contributed by atoms with van der Waals surface area (Å²) in [5, 5.41) is 5.88. The number of nitrogens with zero attached hydrogens (tertiary/aromatic N) is 3. The van der Waals surface area contributed by atoms with Gasteiger partial charge >= 0.3 is 0 Å². The standard InChI is InChI=1S/C15H13N5O/c21-15(11-4-7-16-8-5-11)20-14-10-18-13(9-19-14)12-3-1-2-6-17-12/h1-10,14,19H,(H,20,21). The van der Waals surface area contributed by atoms with Crippen LogP contribution in [0, 0.1) is 0 Å². The van der Waals surface area contributed by atoms with Gasteiger partial charge in [0.2, 0.25) is 0 Å². The fourth-order valence-corrected chi connectivity index (χ4v) is 1.86. The summed E-state index contributed by atoms with van der Waals surface area (Å²) in [4.78, 5) is 24.4. The Hall–Kier alpha value is -3.02. The van der Waals surface area contributed by atoms with E-state index < -0.39 is 0 Å². The molecule has 1 atom stereocenters. The molecule has 1 aliphatic heterocycles. The first-order valence-corrected chi connectivity index (χ1v) is 6.45. The summed E-state index contributed by atoms with van der Waals surface area (Å²) < 4.78 is 0. The molecule has 0 bridgehead atoms. The van der Waals surface area contributed by atoms with Crippen LogP contribution in [0.2, 0.25) is 0 Å². The average Bonchev–Trinajstić information content (AvgIpc) is 2.57. The summed E-state index contributed by atoms with van der Waals surface area (Å²) in [5.74, 6) is -0.184. The minimum Gasteiger partial charge on any atom is -0.365 e. The monoisotopic (exact) mass is 279 g/mol. The van der Waals surface area contributed by atoms with Gasteiger partial charge in [-0.15, -0.1) is 0 Å². The number of carbonyl (C=O) groups excluding carboxylic acids is 1. The van der Waals surface area contributed by atoms with Crippen LogP contribution in [-0.2, 0) is 0 Å². The summed E-state index contributed by atoms with van der Waals surface area (Å²) in [6.45, 7) is 0. The van der Waals surface area contributed by atoms with Crippen LogP contribution in [-0.4, -0.2) is 28.3 Å². The number of nitrogens with one attached hydrogen (secondary N) is 2. The molecule has 1 unspecified atom stereocenters. The van der Waals surface area contributed by atoms with Crippen LogP contribution in [0.1, 0.15) is 16.1 Å². The Kier molecular flexibility index (Phi) is 3.68. The van der Waals surface area contributed by atoms with E-state index in [1.165, 1.54) is 0 Å². The summed E-state index contributed by atoms with van der Waals surface area (Å²) in [5.41, 5.74) is 2.06. The molecular weight excluding hydrogens is 266 g/mol. The van der Waals surface area contributed by atoms with Crippen molar-refractivity contribution in [3.05, 3.63) is 66.4 Å². The lowest BCUT2D eigenvalue weighted by atomic mass is 10.2. The number of carbonyl (C=O) groups is 1. The van der Waals surface area contributed by atoms with E-state index in [9.17, 15) is 4.79 Å². The SMILES string of the molecule is O=C(NC1C=NC(c2ccccn2)=CN1)c1ccncc1. The molecule has 1 amide bonds. The molecule has 3 heterocycles. The van der Waals surface area contributed by atoms with Gasteiger partial charge in [-0.3, -0.25) is 19.8 Å². The Labute approximate surface area is 121 Å². The molecule has 1 aliphatic rings. The second-order valence-corrected chi connectivity index (χ2v) is 4.38. The number of aromatic nitrogens is 2. The smallest absolute Gasteiger partial charge is 0.253 e. The van der Waals surface area contributed by atoms with Crippen LogP contribution in [0.15, 0.2) is 60.1 Å². The van der Waals surface area contributed by atoms with Crippen molar-refractivity contribution < 1.29 is 4.79 Å². The lowest BCUT2D eigenvalue weighted by molar-refractivity contribution is 0.0944. The normalized spacial score (nSPS) is 16.8. The molecule has 0 fully saturated rings. The largest absolute Gasteiger partial charge is 0.365 e. The summed E-state index contributed by atoms with van der Waals surface area (Å²) in [6, 6.07) is 8.94. The molecule has 0 saturated heterocycles. The second kappa shape index (κ2) is 5.96. The molecule has 0 saturated carbocycles. The van der Waals surface area contributed by atoms with E-state index in [1.807, 2.05) is 18.2 Å². The number of rotatable bonds is 3. The minimum atomic E-state index is -0.349. The Balaban J connectivity index is 1.63. The molecule has 0 aromatic carbocycles. The molecule has 0 aliphatic carbocycles. The van der Waals surface area contributed by atoms with E-state index in [0.717, 1.165) is 11.4 Å². The fourth-order valence-electron chi connectivity index (χ4n) is 1.86. The third kappa shape index (κ3) is 3.11. The zero-order chi connectivity index (χ0) is 14.5. The fraction of sp³-hybridized carbons (Fsp3) is 0.0667. The van der Waals surface area contributed by atoms with Crippen molar-refractivity contribution in [2.75, 3.05) is 0 Å². The highest BCUT2D eigenvalue weighted by atomic mass is 16.1. The molecule has 2 aromatic heterocycles. The highest BCUT2D eigenvalue weighted by Gasteiger charge is 2.14. The Morgan fingerprint density at radius 1 is 1.14 bits per heavy atom. The first-order valence-electron chi connectivity index (χ1n) is 6.45. The predicted molar refractivity (Wildman–Crippen MR) is 79.3 cm³/mol. The van der Waals surface area contributed by atoms with Gasteiger partial charge in [-0.25, -0.2) is 0 Å². The quantitative estimate of drug-likeness (QED) is 0.885. The molecule has 21 heavy (non-hydrogen) atoms. The molecule has 2 N–H and O–H groups in total. The molecule has 6 heteroatoms. The van der Waals surface area contributed by atoms with Gasteiger partial charge in [0, 0.05) is 36.6 Å². The van der Waals surface area contributed by atoms with E-state index in [1.54, 1.807) is 43.1 Å². The average molecular weight is 279 g/mol. The van der Waals surface area contributed by atoms with Crippen LogP contribution < -0.4 is 10.6 Å². The maximum Gasteiger partial charge on any atom is 0.253 e. The second-order valence-electron chi connectivity index (χ2n) is 4.38. The van der Waals surface area contributed by atoms with Crippen LogP contribution in [0.5, 0.6) is 0 Å². The Bertz CT molecular complexity index is 682. The highest BCUT2D eigenvalue weighted by molar-refractivity contribution is 5.96. The molecule has 0 spiro atoms. The molecule has 104 valence electrons. The van der Waals surface area contributed by atoms with Gasteiger partial charge in [-0.05, 0) is 24.3 Å². The molecule has 3 rings (SSSR count). The van der Waals surface area contributed by atoms with E-state index >= 15 is 0 Å². The number of aliphatic imine (C=N–C) groups is 1. The van der Waals surface area contributed by atoms with Crippen molar-refractivity contribution in [1.29, 1.82) is 0 Å². The van der Waals surface area contributed by atoms with E-state index in [0.29, 0.717) is 5.56 Å². The van der Waals surface area contributed by atoms with Crippen LogP contribution in [0.3, 0.4) is 0 Å². The van der Waals surface area contributed by atoms with Crippen molar-refractivity contribution in [2.24, 2.45) is 4.99 Å². The van der Waals surface area contributed by atoms with Gasteiger partial charge in [0.15, 0.2) is 0 Å². The lowest BCUT2D eigenvalue weighted by Crippen LogP contribution is -2.45. The van der Waals surface area contributed by atoms with Gasteiger partial charge in [0.1, 0.15) is 11.9 Å². The maximum atomic E-state index is 12.0. The topological polar surface area (TPSA) is 79.3 Å². The highest BCUT2D eigenvalue weighted by Crippen LogP contribution is 2.13. The van der Waals surface area contributed by atoms with Crippen molar-refractivity contribution in [1.82, 2.24) is 20.6 Å². The molecule has 0 radical (unpaired) electrons.